The molecule has 0 radical (unpaired) electrons. The summed E-state index contributed by atoms with van der Waals surface area (Å²) in [5.74, 6) is -2.45. The molecule has 12 N–H and O–H groups in total. The first-order chi connectivity index (χ1) is 30.2. The predicted molar refractivity (Wildman–Crippen MR) is 231 cm³/mol. The van der Waals surface area contributed by atoms with E-state index in [1.807, 2.05) is 0 Å². The Balaban J connectivity index is 1.30. The predicted octanol–water partition coefficient (Wildman–Crippen LogP) is 1.86. The summed E-state index contributed by atoms with van der Waals surface area (Å²) in [6.07, 6.45) is 5.63. The van der Waals surface area contributed by atoms with Gasteiger partial charge < -0.3 is 11.5 Å². The molecule has 0 saturated carbocycles. The van der Waals surface area contributed by atoms with E-state index in [2.05, 4.69) is 21.1 Å². The zero-order valence-corrected chi connectivity index (χ0v) is 36.9. The third-order valence-electron chi connectivity index (χ3n) is 9.15. The van der Waals surface area contributed by atoms with Gasteiger partial charge in [-0.2, -0.15) is 60.7 Å². The summed E-state index contributed by atoms with van der Waals surface area (Å²) in [6, 6.07) is 6.65. The normalized spacial score (nSPS) is 15.9. The number of benzene rings is 4. The number of rotatable bonds is 12. The van der Waals surface area contributed by atoms with Crippen molar-refractivity contribution in [3.63, 3.8) is 0 Å². The average molecular weight is 1030 g/mol. The number of nitrogens with zero attached hydrogens (tertiary/aromatic N) is 2. The summed E-state index contributed by atoms with van der Waals surface area (Å²) in [5.41, 5.74) is 9.37. The lowest BCUT2D eigenvalue weighted by molar-refractivity contribution is 0.105. The van der Waals surface area contributed by atoms with Crippen LogP contribution in [0.25, 0.3) is 24.3 Å². The van der Waals surface area contributed by atoms with Crippen molar-refractivity contribution < 1.29 is 87.4 Å². The maximum absolute atomic E-state index is 13.3. The molecule has 66 heavy (non-hydrogen) atoms. The van der Waals surface area contributed by atoms with Gasteiger partial charge in [-0.1, -0.05) is 36.4 Å². The Labute approximate surface area is 372 Å². The number of carbonyl (C=O) groups is 2. The molecule has 0 heterocycles. The van der Waals surface area contributed by atoms with Crippen molar-refractivity contribution in [2.45, 2.75) is 29.4 Å². The quantitative estimate of drug-likeness (QED) is 0.0419. The van der Waals surface area contributed by atoms with Gasteiger partial charge in [-0.05, 0) is 59.7 Å². The summed E-state index contributed by atoms with van der Waals surface area (Å²) in [7, 11) is -31.1. The Morgan fingerprint density at radius 2 is 0.727 bits per heavy atom. The van der Waals surface area contributed by atoms with Crippen LogP contribution in [0.15, 0.2) is 100 Å². The van der Waals surface area contributed by atoms with E-state index in [4.69, 9.17) is 11.5 Å². The fourth-order valence-electron chi connectivity index (χ4n) is 6.27. The maximum Gasteiger partial charge on any atom is 0.296 e. The molecule has 0 spiro atoms. The monoisotopic (exact) mass is 1030 g/mol. The molecule has 32 heteroatoms. The molecule has 26 nitrogen and oxygen atoms in total. The fourth-order valence-corrected chi connectivity index (χ4v) is 10.6. The first kappa shape index (κ1) is 48.9. The van der Waals surface area contributed by atoms with E-state index in [1.165, 1.54) is 0 Å². The number of hydrogen-bond donors (Lipinski definition) is 10. The summed E-state index contributed by atoms with van der Waals surface area (Å²) in [5, 5.41) is 7.59. The number of hydrazone groups is 2. The minimum atomic E-state index is -5.25. The third kappa shape index (κ3) is 9.83. The number of hydrogen-bond acceptors (Lipinski definition) is 20. The van der Waals surface area contributed by atoms with E-state index in [-0.39, 0.29) is 22.5 Å². The molecule has 6 rings (SSSR count). The second-order valence-electron chi connectivity index (χ2n) is 13.4. The van der Waals surface area contributed by atoms with Crippen LogP contribution < -0.4 is 22.3 Å². The molecule has 0 bridgehead atoms. The van der Waals surface area contributed by atoms with Crippen LogP contribution in [0.1, 0.15) is 43.0 Å². The smallest absolute Gasteiger partial charge is 0.296 e. The Bertz CT molecular complexity index is 3500. The largest absolute Gasteiger partial charge is 0.397 e. The highest BCUT2D eigenvalue weighted by molar-refractivity contribution is 7.87. The molecule has 348 valence electrons. The summed E-state index contributed by atoms with van der Waals surface area (Å²) < 4.78 is 204. The number of ketones is 2. The van der Waals surface area contributed by atoms with E-state index < -0.39 is 147 Å². The van der Waals surface area contributed by atoms with E-state index in [9.17, 15) is 87.4 Å². The van der Waals surface area contributed by atoms with Gasteiger partial charge in [-0.15, -0.1) is 0 Å². The molecule has 0 saturated heterocycles. The molecular weight excluding hydrogens is 1000 g/mol. The van der Waals surface area contributed by atoms with Crippen LogP contribution in [0, 0.1) is 0 Å². The van der Waals surface area contributed by atoms with Crippen LogP contribution in [0.2, 0.25) is 0 Å². The Hall–Kier alpha value is -6.56. The van der Waals surface area contributed by atoms with Crippen molar-refractivity contribution in [1.29, 1.82) is 0 Å². The molecular formula is C34H26N6O20S6. The number of Topliss-reactive ketones (excluding diaryl/α,β-unsaturated/α-hetero) is 2. The average Bonchev–Trinajstić information content (AvgIpc) is 3.17. The summed E-state index contributed by atoms with van der Waals surface area (Å²) >= 11 is 0. The van der Waals surface area contributed by atoms with E-state index in [0.717, 1.165) is 72.9 Å². The van der Waals surface area contributed by atoms with Crippen molar-refractivity contribution in [3.05, 3.63) is 94.1 Å². The van der Waals surface area contributed by atoms with Crippen LogP contribution >= 0.6 is 0 Å². The molecule has 0 aliphatic heterocycles. The molecule has 2 aliphatic rings. The number of allylic oxidation sites excluding steroid dienone is 2. The number of carbonyl (C=O) groups excluding carboxylic acids is 2. The van der Waals surface area contributed by atoms with Crippen LogP contribution in [-0.2, 0) is 60.7 Å². The zero-order chi connectivity index (χ0) is 49.3. The van der Waals surface area contributed by atoms with Crippen LogP contribution in [0.3, 0.4) is 0 Å². The van der Waals surface area contributed by atoms with Gasteiger partial charge in [-0.3, -0.25) is 47.8 Å². The Morgan fingerprint density at radius 3 is 1.02 bits per heavy atom. The minimum absolute atomic E-state index is 0.247. The number of fused-ring (bicyclic) bond motifs is 2. The molecule has 0 atom stereocenters. The molecule has 2 aliphatic carbocycles. The molecule has 4 aromatic carbocycles. The van der Waals surface area contributed by atoms with Gasteiger partial charge in [0.25, 0.3) is 60.7 Å². The van der Waals surface area contributed by atoms with Gasteiger partial charge in [0.05, 0.1) is 33.9 Å². The van der Waals surface area contributed by atoms with Crippen LogP contribution in [0.4, 0.5) is 22.7 Å². The molecule has 0 unspecified atom stereocenters. The van der Waals surface area contributed by atoms with Gasteiger partial charge in [0.15, 0.2) is 0 Å². The second kappa shape index (κ2) is 16.7. The fraction of sp³-hybridized carbons (Fsp3) is 0. The zero-order valence-electron chi connectivity index (χ0n) is 32.0. The van der Waals surface area contributed by atoms with E-state index >= 15 is 0 Å². The van der Waals surface area contributed by atoms with Gasteiger partial charge in [0.2, 0.25) is 11.6 Å². The van der Waals surface area contributed by atoms with Gasteiger partial charge in [-0.25, -0.2) is 0 Å². The number of nitrogens with two attached hydrogens (primary N) is 2. The van der Waals surface area contributed by atoms with E-state index in [1.54, 1.807) is 0 Å². The van der Waals surface area contributed by atoms with Crippen molar-refractivity contribution in [1.82, 2.24) is 0 Å². The first-order valence-electron chi connectivity index (χ1n) is 17.1. The van der Waals surface area contributed by atoms with Crippen molar-refractivity contribution in [2.75, 3.05) is 22.3 Å². The van der Waals surface area contributed by atoms with Gasteiger partial charge in [0, 0.05) is 11.1 Å². The third-order valence-corrected chi connectivity index (χ3v) is 14.5. The van der Waals surface area contributed by atoms with Crippen molar-refractivity contribution in [3.8, 4) is 0 Å². The van der Waals surface area contributed by atoms with Crippen molar-refractivity contribution in [2.24, 2.45) is 10.2 Å². The molecule has 4 aromatic rings. The topological polar surface area (TPSA) is 461 Å². The highest BCUT2D eigenvalue weighted by Crippen LogP contribution is 2.37. The van der Waals surface area contributed by atoms with Gasteiger partial charge >= 0.3 is 0 Å². The second-order valence-corrected chi connectivity index (χ2v) is 21.7. The standard InChI is InChI=1S/C34H26N6O20S6/c35-31-27(65(55,56)57)13-25(63(49,50)51)19-7-9-21(33(41)29(19)31)39-37-17-5-3-15(23(11-17)61(43,44)45)1-2-16-4-6-18(12-24(16)62(46,47)48)38-40-22-10-8-20-26(64(52,53)54)14-28(66(58,59)60)32(36)30(20)34(22)42/h1-14,37-38H,35-36H2,(H,43,44,45)(H,46,47,48)(H,49,50,51)(H,52,53,54)(H,55,56,57)(H,58,59,60)/b2-1+,39-21-,40-22-. The molecule has 0 amide bonds. The van der Waals surface area contributed by atoms with Crippen LogP contribution in [-0.4, -0.2) is 101 Å². The van der Waals surface area contributed by atoms with Crippen LogP contribution in [0.5, 0.6) is 0 Å². The summed E-state index contributed by atoms with van der Waals surface area (Å²) in [4.78, 5) is 20.3. The number of anilines is 4. The molecule has 0 fully saturated rings. The SMILES string of the molecule is Nc1c(S(=O)(=O)O)cc(S(=O)(=O)O)c2c1C(=O)/C(=N\Nc1ccc(/C=C/c3ccc(N/N=C4/C=Cc5c(S(=O)(=O)O)cc(S(=O)(=O)O)c(N)c5C4=O)cc3S(=O)(=O)O)c(S(=O)(=O)O)c1)C=C2. The lowest BCUT2D eigenvalue weighted by Gasteiger charge is -2.18. The summed E-state index contributed by atoms with van der Waals surface area (Å²) in [6.45, 7) is 0. The Morgan fingerprint density at radius 1 is 0.424 bits per heavy atom. The lowest BCUT2D eigenvalue weighted by Crippen LogP contribution is -2.23. The number of nitrogen functional groups attached to an aromatic ring is 2. The maximum atomic E-state index is 13.3. The lowest BCUT2D eigenvalue weighted by atomic mass is 9.93. The Kier molecular flexibility index (Phi) is 12.4. The minimum Gasteiger partial charge on any atom is -0.397 e. The highest BCUT2D eigenvalue weighted by Gasteiger charge is 2.35. The first-order valence-corrected chi connectivity index (χ1v) is 25.7. The highest BCUT2D eigenvalue weighted by atomic mass is 32.2. The van der Waals surface area contributed by atoms with E-state index in [0.29, 0.717) is 12.1 Å². The number of nitrogens with one attached hydrogen (secondary N) is 2. The van der Waals surface area contributed by atoms with Crippen molar-refractivity contribution >= 4 is 131 Å². The van der Waals surface area contributed by atoms with Gasteiger partial charge in [0.1, 0.15) is 40.8 Å². The molecule has 0 aromatic heterocycles.